The second-order valence-electron chi connectivity index (χ2n) is 4.56. The van der Waals surface area contributed by atoms with E-state index in [4.69, 9.17) is 4.74 Å². The molecule has 1 aromatic carbocycles. The Hall–Kier alpha value is -0.630. The van der Waals surface area contributed by atoms with Crippen molar-refractivity contribution in [2.45, 2.75) is 24.5 Å². The Morgan fingerprint density at radius 3 is 2.74 bits per heavy atom. The third kappa shape index (κ3) is 3.10. The highest BCUT2D eigenvalue weighted by Gasteiger charge is 2.36. The minimum Gasteiger partial charge on any atom is -0.496 e. The summed E-state index contributed by atoms with van der Waals surface area (Å²) in [5.41, 5.74) is 0.366. The first-order chi connectivity index (χ1) is 8.95. The van der Waals surface area contributed by atoms with E-state index >= 15 is 0 Å². The molecule has 0 aliphatic carbocycles. The quantitative estimate of drug-likeness (QED) is 0.584. The number of sulfone groups is 1. The van der Waals surface area contributed by atoms with Gasteiger partial charge in [-0.1, -0.05) is 6.42 Å². The number of hydrogen-bond donors (Lipinski definition) is 0. The van der Waals surface area contributed by atoms with Crippen molar-refractivity contribution in [1.29, 1.82) is 0 Å². The van der Waals surface area contributed by atoms with Crippen LogP contribution >= 0.6 is 22.6 Å². The number of methoxy groups -OCH3 is 1. The van der Waals surface area contributed by atoms with E-state index in [1.54, 1.807) is 12.1 Å². The maximum Gasteiger partial charge on any atom is 0.184 e. The largest absolute Gasteiger partial charge is 0.496 e. The molecule has 0 amide bonds. The molecule has 19 heavy (non-hydrogen) atoms. The van der Waals surface area contributed by atoms with Crippen LogP contribution in [0.25, 0.3) is 0 Å². The Labute approximate surface area is 126 Å². The summed E-state index contributed by atoms with van der Waals surface area (Å²) in [7, 11) is -1.84. The Bertz CT molecular complexity index is 595. The van der Waals surface area contributed by atoms with Crippen molar-refractivity contribution >= 4 is 38.2 Å². The second-order valence-corrected chi connectivity index (χ2v) is 8.11. The zero-order valence-corrected chi connectivity index (χ0v) is 13.5. The molecule has 0 radical (unpaired) electrons. The lowest BCUT2D eigenvalue weighted by molar-refractivity contribution is 0.0978. The lowest BCUT2D eigenvalue weighted by atomic mass is 10.0. The van der Waals surface area contributed by atoms with Crippen molar-refractivity contribution in [1.82, 2.24) is 0 Å². The van der Waals surface area contributed by atoms with E-state index in [-0.39, 0.29) is 11.5 Å². The maximum absolute atomic E-state index is 12.5. The lowest BCUT2D eigenvalue weighted by Gasteiger charge is -2.21. The maximum atomic E-state index is 12.5. The molecule has 1 heterocycles. The number of Topliss-reactive ketones (excluding diaryl/α,β-unsaturated/α-hetero) is 1. The first-order valence-electron chi connectivity index (χ1n) is 6.05. The standard InChI is InChI=1S/C13H15IO4S/c1-18-11-6-5-9(14)8-10(11)13(15)12-4-2-3-7-19(12,16)17/h5-6,8,12H,2-4,7H2,1H3. The highest BCUT2D eigenvalue weighted by molar-refractivity contribution is 14.1. The molecule has 2 rings (SSSR count). The van der Waals surface area contributed by atoms with E-state index in [2.05, 4.69) is 22.6 Å². The predicted octanol–water partition coefficient (Wildman–Crippen LogP) is 2.45. The Morgan fingerprint density at radius 1 is 1.37 bits per heavy atom. The predicted molar refractivity (Wildman–Crippen MR) is 81.5 cm³/mol. The fourth-order valence-electron chi connectivity index (χ4n) is 2.30. The molecule has 0 spiro atoms. The SMILES string of the molecule is COc1ccc(I)cc1C(=O)C1CCCCS1(=O)=O. The first kappa shape index (κ1) is 14.8. The molecule has 0 saturated carbocycles. The molecular weight excluding hydrogens is 379 g/mol. The molecule has 6 heteroatoms. The summed E-state index contributed by atoms with van der Waals surface area (Å²) in [5, 5.41) is -0.909. The van der Waals surface area contributed by atoms with Gasteiger partial charge in [0.05, 0.1) is 18.4 Å². The molecule has 1 aliphatic heterocycles. The average molecular weight is 394 g/mol. The van der Waals surface area contributed by atoms with Gasteiger partial charge in [-0.3, -0.25) is 4.79 Å². The van der Waals surface area contributed by atoms with Gasteiger partial charge in [-0.25, -0.2) is 8.42 Å². The highest BCUT2D eigenvalue weighted by Crippen LogP contribution is 2.28. The summed E-state index contributed by atoms with van der Waals surface area (Å²) < 4.78 is 30.1. The zero-order chi connectivity index (χ0) is 14.0. The lowest BCUT2D eigenvalue weighted by Crippen LogP contribution is -2.35. The van der Waals surface area contributed by atoms with Gasteiger partial charge in [-0.05, 0) is 53.6 Å². The molecule has 1 atom stereocenters. The number of hydrogen-bond acceptors (Lipinski definition) is 4. The van der Waals surface area contributed by atoms with Gasteiger partial charge >= 0.3 is 0 Å². The number of halogens is 1. The van der Waals surface area contributed by atoms with Gasteiger partial charge in [0.2, 0.25) is 0 Å². The van der Waals surface area contributed by atoms with Gasteiger partial charge in [-0.15, -0.1) is 0 Å². The molecule has 0 aromatic heterocycles. The summed E-state index contributed by atoms with van der Waals surface area (Å²) >= 11 is 2.09. The van der Waals surface area contributed by atoms with Crippen molar-refractivity contribution in [3.63, 3.8) is 0 Å². The number of carbonyl (C=O) groups excluding carboxylic acids is 1. The van der Waals surface area contributed by atoms with Crippen LogP contribution < -0.4 is 4.74 Å². The van der Waals surface area contributed by atoms with E-state index in [1.165, 1.54) is 7.11 Å². The summed E-state index contributed by atoms with van der Waals surface area (Å²) in [6.07, 6.45) is 1.84. The number of rotatable bonds is 3. The number of carbonyl (C=O) groups is 1. The van der Waals surface area contributed by atoms with E-state index < -0.39 is 15.1 Å². The van der Waals surface area contributed by atoms with Crippen LogP contribution in [-0.2, 0) is 9.84 Å². The minimum absolute atomic E-state index is 0.107. The van der Waals surface area contributed by atoms with E-state index in [1.807, 2.05) is 6.07 Å². The summed E-state index contributed by atoms with van der Waals surface area (Å²) in [6, 6.07) is 5.21. The zero-order valence-electron chi connectivity index (χ0n) is 10.6. The number of benzene rings is 1. The van der Waals surface area contributed by atoms with Gasteiger partial charge in [0.15, 0.2) is 15.6 Å². The van der Waals surface area contributed by atoms with Crippen molar-refractivity contribution in [3.05, 3.63) is 27.3 Å². The van der Waals surface area contributed by atoms with Crippen molar-refractivity contribution in [2.24, 2.45) is 0 Å². The molecule has 1 saturated heterocycles. The van der Waals surface area contributed by atoms with Crippen LogP contribution in [0.4, 0.5) is 0 Å². The van der Waals surface area contributed by atoms with E-state index in [0.29, 0.717) is 24.2 Å². The van der Waals surface area contributed by atoms with Crippen molar-refractivity contribution < 1.29 is 17.9 Å². The van der Waals surface area contributed by atoms with Crippen LogP contribution in [0.15, 0.2) is 18.2 Å². The average Bonchev–Trinajstić information content (AvgIpc) is 2.37. The molecule has 1 fully saturated rings. The van der Waals surface area contributed by atoms with Crippen LogP contribution in [0.3, 0.4) is 0 Å². The Kier molecular flexibility index (Phi) is 4.50. The molecule has 0 bridgehead atoms. The van der Waals surface area contributed by atoms with Gasteiger partial charge in [0.1, 0.15) is 11.0 Å². The number of ketones is 1. The van der Waals surface area contributed by atoms with Crippen LogP contribution in [-0.4, -0.2) is 32.3 Å². The molecule has 1 aliphatic rings. The Balaban J connectivity index is 2.41. The minimum atomic E-state index is -3.32. The monoisotopic (exact) mass is 394 g/mol. The second kappa shape index (κ2) is 5.78. The fourth-order valence-corrected chi connectivity index (χ4v) is 4.66. The van der Waals surface area contributed by atoms with Gasteiger partial charge < -0.3 is 4.74 Å². The molecule has 1 aromatic rings. The third-order valence-electron chi connectivity index (χ3n) is 3.30. The topological polar surface area (TPSA) is 60.4 Å². The van der Waals surface area contributed by atoms with Crippen molar-refractivity contribution in [2.75, 3.05) is 12.9 Å². The smallest absolute Gasteiger partial charge is 0.184 e. The molecule has 104 valence electrons. The first-order valence-corrected chi connectivity index (χ1v) is 8.84. The van der Waals surface area contributed by atoms with Crippen LogP contribution in [0.5, 0.6) is 5.75 Å². The molecule has 4 nitrogen and oxygen atoms in total. The van der Waals surface area contributed by atoms with Crippen LogP contribution in [0.1, 0.15) is 29.6 Å². The normalized spacial score (nSPS) is 21.9. The summed E-state index contributed by atoms with van der Waals surface area (Å²) in [4.78, 5) is 12.5. The third-order valence-corrected chi connectivity index (χ3v) is 6.14. The number of ether oxygens (including phenoxy) is 1. The molecule has 0 N–H and O–H groups in total. The van der Waals surface area contributed by atoms with Crippen molar-refractivity contribution in [3.8, 4) is 5.75 Å². The van der Waals surface area contributed by atoms with Gasteiger partial charge in [-0.2, -0.15) is 0 Å². The molecular formula is C13H15IO4S. The van der Waals surface area contributed by atoms with Crippen LogP contribution in [0, 0.1) is 3.57 Å². The summed E-state index contributed by atoms with van der Waals surface area (Å²) in [6.45, 7) is 0. The van der Waals surface area contributed by atoms with E-state index in [9.17, 15) is 13.2 Å². The van der Waals surface area contributed by atoms with Crippen LogP contribution in [0.2, 0.25) is 0 Å². The summed E-state index contributed by atoms with van der Waals surface area (Å²) in [5.74, 6) is 0.205. The highest BCUT2D eigenvalue weighted by atomic mass is 127. The van der Waals surface area contributed by atoms with Gasteiger partial charge in [0, 0.05) is 3.57 Å². The Morgan fingerprint density at radius 2 is 2.11 bits per heavy atom. The fraction of sp³-hybridized carbons (Fsp3) is 0.462. The van der Waals surface area contributed by atoms with Gasteiger partial charge in [0.25, 0.3) is 0 Å². The molecule has 1 unspecified atom stereocenters. The van der Waals surface area contributed by atoms with E-state index in [0.717, 1.165) is 9.99 Å².